The number of carbonyl (C=O) groups excluding carboxylic acids is 1. The summed E-state index contributed by atoms with van der Waals surface area (Å²) >= 11 is 0. The molecule has 5 nitrogen and oxygen atoms in total. The van der Waals surface area contributed by atoms with Crippen LogP contribution in [-0.2, 0) is 0 Å². The maximum absolute atomic E-state index is 12.3. The predicted molar refractivity (Wildman–Crippen MR) is 80.8 cm³/mol. The van der Waals surface area contributed by atoms with Gasteiger partial charge in [-0.3, -0.25) is 14.7 Å². The first kappa shape index (κ1) is 15.5. The summed E-state index contributed by atoms with van der Waals surface area (Å²) < 4.78 is 0. The lowest BCUT2D eigenvalue weighted by atomic mass is 10.1. The Kier molecular flexibility index (Phi) is 5.73. The number of likely N-dealkylation sites (tertiary alicyclic amines) is 1. The molecule has 21 heavy (non-hydrogen) atoms. The molecule has 112 valence electrons. The van der Waals surface area contributed by atoms with E-state index in [9.17, 15) is 4.79 Å². The molecule has 2 N–H and O–H groups in total. The molecule has 0 aliphatic carbocycles. The average Bonchev–Trinajstić information content (AvgIpc) is 2.98. The molecule has 5 heteroatoms. The summed E-state index contributed by atoms with van der Waals surface area (Å²) in [7, 11) is 0. The second kappa shape index (κ2) is 7.77. The van der Waals surface area contributed by atoms with Crippen molar-refractivity contribution >= 4 is 5.91 Å². The van der Waals surface area contributed by atoms with Gasteiger partial charge in [0.15, 0.2) is 0 Å². The van der Waals surface area contributed by atoms with Crippen molar-refractivity contribution in [1.29, 1.82) is 0 Å². The lowest BCUT2D eigenvalue weighted by Crippen LogP contribution is -2.40. The molecule has 0 bridgehead atoms. The van der Waals surface area contributed by atoms with E-state index in [1.807, 2.05) is 0 Å². The third kappa shape index (κ3) is 4.03. The highest BCUT2D eigenvalue weighted by molar-refractivity contribution is 5.96. The van der Waals surface area contributed by atoms with Crippen LogP contribution < -0.4 is 5.32 Å². The SMILES string of the molecule is CCN1CCCC1CNC(=O)c1ccncc1C#CCO. The van der Waals surface area contributed by atoms with Crippen LogP contribution in [-0.4, -0.2) is 53.2 Å². The molecule has 1 saturated heterocycles. The summed E-state index contributed by atoms with van der Waals surface area (Å²) in [5.41, 5.74) is 1.05. The van der Waals surface area contributed by atoms with Gasteiger partial charge in [-0.1, -0.05) is 18.8 Å². The van der Waals surface area contributed by atoms with Gasteiger partial charge in [0.1, 0.15) is 6.61 Å². The number of aliphatic hydroxyl groups is 1. The third-order valence-corrected chi connectivity index (χ3v) is 3.77. The summed E-state index contributed by atoms with van der Waals surface area (Å²) in [5, 5.41) is 11.7. The number of aliphatic hydroxyl groups excluding tert-OH is 1. The maximum Gasteiger partial charge on any atom is 0.252 e. The lowest BCUT2D eigenvalue weighted by molar-refractivity contribution is 0.0941. The first-order valence-corrected chi connectivity index (χ1v) is 7.32. The van der Waals surface area contributed by atoms with Crippen molar-refractivity contribution in [3.63, 3.8) is 0 Å². The van der Waals surface area contributed by atoms with Gasteiger partial charge in [-0.05, 0) is 32.0 Å². The van der Waals surface area contributed by atoms with Crippen LogP contribution in [0.25, 0.3) is 0 Å². The molecule has 1 aromatic rings. The average molecular weight is 287 g/mol. The van der Waals surface area contributed by atoms with Crippen LogP contribution >= 0.6 is 0 Å². The van der Waals surface area contributed by atoms with Gasteiger partial charge in [0.25, 0.3) is 5.91 Å². The van der Waals surface area contributed by atoms with Gasteiger partial charge in [0, 0.05) is 25.0 Å². The van der Waals surface area contributed by atoms with E-state index in [4.69, 9.17) is 5.11 Å². The monoisotopic (exact) mass is 287 g/mol. The van der Waals surface area contributed by atoms with Gasteiger partial charge < -0.3 is 10.4 Å². The molecule has 0 spiro atoms. The van der Waals surface area contributed by atoms with E-state index in [1.54, 1.807) is 18.5 Å². The Morgan fingerprint density at radius 1 is 1.62 bits per heavy atom. The number of hydrogen-bond acceptors (Lipinski definition) is 4. The van der Waals surface area contributed by atoms with Crippen LogP contribution in [0.5, 0.6) is 0 Å². The highest BCUT2D eigenvalue weighted by Gasteiger charge is 2.23. The van der Waals surface area contributed by atoms with Crippen molar-refractivity contribution in [2.24, 2.45) is 0 Å². The standard InChI is InChI=1S/C16H21N3O2/c1-2-19-9-3-6-14(19)12-18-16(21)15-7-8-17-11-13(15)5-4-10-20/h7-8,11,14,20H,2-3,6,9-10,12H2,1H3,(H,18,21). The normalized spacial score (nSPS) is 18.1. The smallest absolute Gasteiger partial charge is 0.252 e. The fraction of sp³-hybridized carbons (Fsp3) is 0.500. The van der Waals surface area contributed by atoms with Crippen molar-refractivity contribution in [3.05, 3.63) is 29.6 Å². The van der Waals surface area contributed by atoms with Crippen LogP contribution in [0.4, 0.5) is 0 Å². The second-order valence-corrected chi connectivity index (χ2v) is 5.02. The molecule has 2 rings (SSSR count). The van der Waals surface area contributed by atoms with Crippen molar-refractivity contribution in [3.8, 4) is 11.8 Å². The topological polar surface area (TPSA) is 65.5 Å². The number of carbonyl (C=O) groups is 1. The van der Waals surface area contributed by atoms with Crippen LogP contribution in [0.15, 0.2) is 18.5 Å². The minimum Gasteiger partial charge on any atom is -0.384 e. The van der Waals surface area contributed by atoms with Crippen LogP contribution in [0, 0.1) is 11.8 Å². The summed E-state index contributed by atoms with van der Waals surface area (Å²) in [4.78, 5) is 18.7. The minimum atomic E-state index is -0.233. The van der Waals surface area contributed by atoms with Crippen LogP contribution in [0.3, 0.4) is 0 Å². The van der Waals surface area contributed by atoms with Crippen LogP contribution in [0.2, 0.25) is 0 Å². The molecule has 0 saturated carbocycles. The minimum absolute atomic E-state index is 0.136. The Labute approximate surface area is 125 Å². The number of aromatic nitrogens is 1. The lowest BCUT2D eigenvalue weighted by Gasteiger charge is -2.22. The summed E-state index contributed by atoms with van der Waals surface area (Å²) in [6, 6.07) is 2.08. The van der Waals surface area contributed by atoms with Gasteiger partial charge in [-0.25, -0.2) is 0 Å². The Morgan fingerprint density at radius 2 is 2.48 bits per heavy atom. The number of amides is 1. The first-order valence-electron chi connectivity index (χ1n) is 7.32. The molecule has 0 radical (unpaired) electrons. The number of nitrogens with one attached hydrogen (secondary N) is 1. The zero-order chi connectivity index (χ0) is 15.1. The summed E-state index contributed by atoms with van der Waals surface area (Å²) in [6.45, 7) is 4.69. The number of hydrogen-bond donors (Lipinski definition) is 2. The molecule has 1 amide bonds. The Balaban J connectivity index is 2.00. The number of rotatable bonds is 4. The molecule has 0 aromatic carbocycles. The number of pyridine rings is 1. The molecule has 1 aromatic heterocycles. The molecule has 1 atom stereocenters. The molecular weight excluding hydrogens is 266 g/mol. The second-order valence-electron chi connectivity index (χ2n) is 5.02. The Hall–Kier alpha value is -1.90. The van der Waals surface area contributed by atoms with Gasteiger partial charge in [0.2, 0.25) is 0 Å². The van der Waals surface area contributed by atoms with Gasteiger partial charge in [0.05, 0.1) is 11.1 Å². The van der Waals surface area contributed by atoms with E-state index in [0.29, 0.717) is 23.7 Å². The first-order chi connectivity index (χ1) is 10.3. The molecule has 2 heterocycles. The van der Waals surface area contributed by atoms with Crippen LogP contribution in [0.1, 0.15) is 35.7 Å². The predicted octanol–water partition coefficient (Wildman–Crippen LogP) is 0.639. The van der Waals surface area contributed by atoms with E-state index in [2.05, 4.69) is 34.0 Å². The van der Waals surface area contributed by atoms with Crippen molar-refractivity contribution in [2.45, 2.75) is 25.8 Å². The van der Waals surface area contributed by atoms with E-state index >= 15 is 0 Å². The van der Waals surface area contributed by atoms with E-state index in [1.165, 1.54) is 6.42 Å². The third-order valence-electron chi connectivity index (χ3n) is 3.77. The summed E-state index contributed by atoms with van der Waals surface area (Å²) in [6.07, 6.45) is 5.44. The van der Waals surface area contributed by atoms with E-state index < -0.39 is 0 Å². The van der Waals surface area contributed by atoms with E-state index in [-0.39, 0.29) is 12.5 Å². The highest BCUT2D eigenvalue weighted by atomic mass is 16.2. The molecular formula is C16H21N3O2. The summed E-state index contributed by atoms with van der Waals surface area (Å²) in [5.74, 6) is 5.17. The molecule has 1 fully saturated rings. The molecule has 1 unspecified atom stereocenters. The largest absolute Gasteiger partial charge is 0.384 e. The fourth-order valence-corrected chi connectivity index (χ4v) is 2.68. The van der Waals surface area contributed by atoms with E-state index in [0.717, 1.165) is 19.5 Å². The van der Waals surface area contributed by atoms with Gasteiger partial charge >= 0.3 is 0 Å². The van der Waals surface area contributed by atoms with Crippen molar-refractivity contribution < 1.29 is 9.90 Å². The number of likely N-dealkylation sites (N-methyl/N-ethyl adjacent to an activating group) is 1. The zero-order valence-electron chi connectivity index (χ0n) is 12.3. The highest BCUT2D eigenvalue weighted by Crippen LogP contribution is 2.16. The number of nitrogens with zero attached hydrogens (tertiary/aromatic N) is 2. The molecule has 1 aliphatic rings. The van der Waals surface area contributed by atoms with Crippen molar-refractivity contribution in [2.75, 3.05) is 26.2 Å². The van der Waals surface area contributed by atoms with Gasteiger partial charge in [-0.2, -0.15) is 0 Å². The van der Waals surface area contributed by atoms with Crippen molar-refractivity contribution in [1.82, 2.24) is 15.2 Å². The Morgan fingerprint density at radius 3 is 3.24 bits per heavy atom. The maximum atomic E-state index is 12.3. The molecule has 1 aliphatic heterocycles. The quantitative estimate of drug-likeness (QED) is 0.798. The van der Waals surface area contributed by atoms with Gasteiger partial charge in [-0.15, -0.1) is 0 Å². The fourth-order valence-electron chi connectivity index (χ4n) is 2.68. The Bertz CT molecular complexity index is 548. The zero-order valence-corrected chi connectivity index (χ0v) is 12.3.